The Kier molecular flexibility index (Phi) is 2.92. The molecule has 78 valence electrons. The zero-order chi connectivity index (χ0) is 11.8. The molecule has 0 atom stereocenters. The Morgan fingerprint density at radius 3 is 2.82 bits per heavy atom. The normalized spacial score (nSPS) is 10.9. The molecule has 2 nitrogen and oxygen atoms in total. The van der Waals surface area contributed by atoms with Crippen molar-refractivity contribution >= 4 is 53.0 Å². The van der Waals surface area contributed by atoms with Crippen LogP contribution in [0.1, 0.15) is 0 Å². The molecule has 0 bridgehead atoms. The maximum atomic E-state index is 11.9. The van der Waals surface area contributed by atoms with Crippen molar-refractivity contribution in [2.24, 2.45) is 0 Å². The van der Waals surface area contributed by atoms with E-state index in [2.05, 4.69) is 6.07 Å². The number of hydrogen-bond donors (Lipinski definition) is 0. The molecule has 0 saturated heterocycles. The minimum absolute atomic E-state index is 0.257. The predicted molar refractivity (Wildman–Crippen MR) is 71.2 cm³/mol. The quantitative estimate of drug-likeness (QED) is 0.490. The van der Waals surface area contributed by atoms with Gasteiger partial charge in [-0.3, -0.25) is 0 Å². The third-order valence-electron chi connectivity index (χ3n) is 2.68. The zero-order valence-corrected chi connectivity index (χ0v) is 12.1. The van der Waals surface area contributed by atoms with Crippen LogP contribution in [0.3, 0.4) is 0 Å². The Morgan fingerprint density at radius 2 is 2.06 bits per heavy atom. The van der Waals surface area contributed by atoms with Gasteiger partial charge in [0.2, 0.25) is 0 Å². The van der Waals surface area contributed by atoms with Crippen LogP contribution in [-0.2, 0) is 0 Å². The molecule has 3 aromatic rings. The first-order valence-corrected chi connectivity index (χ1v) is 7.20. The Labute approximate surface area is 119 Å². The monoisotopic (exact) mass is 250 g/mol. The second-order valence-electron chi connectivity index (χ2n) is 3.97. The van der Waals surface area contributed by atoms with Crippen LogP contribution in [-0.4, -0.2) is 27.9 Å². The summed E-state index contributed by atoms with van der Waals surface area (Å²) in [7, 11) is 0. The summed E-state index contributed by atoms with van der Waals surface area (Å²) in [5.74, 6) is 0. The molecular formula is C13H7NaO2S. The molecule has 0 aliphatic heterocycles. The Balaban J connectivity index is 2.32. The molecular weight excluding hydrogens is 243 g/mol. The van der Waals surface area contributed by atoms with Gasteiger partial charge in [0.05, 0.1) is 0 Å². The van der Waals surface area contributed by atoms with Crippen molar-refractivity contribution in [3.8, 4) is 10.4 Å². The molecule has 0 saturated carbocycles. The average Bonchev–Trinajstić information content (AvgIpc) is 2.81. The minimum atomic E-state index is -0.257. The first kappa shape index (κ1) is 11.2. The SMILES string of the molecule is O=c1oc2c[c]([Na])ccc2cc1-c1cccs1. The Bertz CT molecular complexity index is 729. The van der Waals surface area contributed by atoms with Crippen LogP contribution >= 0.6 is 11.3 Å². The van der Waals surface area contributed by atoms with E-state index in [-0.39, 0.29) is 5.63 Å². The number of rotatable bonds is 1. The van der Waals surface area contributed by atoms with E-state index < -0.39 is 0 Å². The molecule has 0 aliphatic carbocycles. The molecule has 0 amide bonds. The summed E-state index contributed by atoms with van der Waals surface area (Å²) in [5.41, 5.74) is 1.07. The molecule has 0 spiro atoms. The number of benzene rings is 1. The third kappa shape index (κ3) is 2.11. The van der Waals surface area contributed by atoms with E-state index in [1.807, 2.05) is 35.7 Å². The van der Waals surface area contributed by atoms with Crippen molar-refractivity contribution in [2.45, 2.75) is 0 Å². The summed E-state index contributed by atoms with van der Waals surface area (Å²) >= 11 is 2.51. The van der Waals surface area contributed by atoms with Crippen LogP contribution in [0.25, 0.3) is 21.4 Å². The van der Waals surface area contributed by atoms with Crippen LogP contribution in [0.2, 0.25) is 0 Å². The number of hydrogen-bond acceptors (Lipinski definition) is 3. The van der Waals surface area contributed by atoms with Crippen LogP contribution in [0.4, 0.5) is 0 Å². The molecule has 0 N–H and O–H groups in total. The maximum absolute atomic E-state index is 11.9. The molecule has 17 heavy (non-hydrogen) atoms. The Morgan fingerprint density at radius 1 is 1.18 bits per heavy atom. The van der Waals surface area contributed by atoms with Gasteiger partial charge < -0.3 is 0 Å². The van der Waals surface area contributed by atoms with Gasteiger partial charge in [-0.1, -0.05) is 0 Å². The summed E-state index contributed by atoms with van der Waals surface area (Å²) in [6.45, 7) is 0. The van der Waals surface area contributed by atoms with Crippen LogP contribution in [0, 0.1) is 0 Å². The zero-order valence-electron chi connectivity index (χ0n) is 9.27. The van der Waals surface area contributed by atoms with E-state index in [0.717, 1.165) is 38.2 Å². The van der Waals surface area contributed by atoms with Gasteiger partial charge in [0.15, 0.2) is 0 Å². The summed E-state index contributed by atoms with van der Waals surface area (Å²) in [6, 6.07) is 11.8. The first-order valence-electron chi connectivity index (χ1n) is 5.32. The fraction of sp³-hybridized carbons (Fsp3) is 0. The third-order valence-corrected chi connectivity index (χ3v) is 4.20. The predicted octanol–water partition coefficient (Wildman–Crippen LogP) is 2.32. The van der Waals surface area contributed by atoms with Crippen LogP contribution in [0.5, 0.6) is 0 Å². The molecule has 0 fully saturated rings. The second-order valence-corrected chi connectivity index (χ2v) is 6.07. The fourth-order valence-corrected chi connectivity index (χ4v) is 2.98. The molecule has 2 heterocycles. The fourth-order valence-electron chi connectivity index (χ4n) is 1.82. The summed E-state index contributed by atoms with van der Waals surface area (Å²) in [5, 5.41) is 2.94. The molecule has 2 aromatic heterocycles. The van der Waals surface area contributed by atoms with E-state index in [1.54, 1.807) is 11.3 Å². The molecule has 1 aromatic carbocycles. The van der Waals surface area contributed by atoms with Gasteiger partial charge in [0.1, 0.15) is 0 Å². The topological polar surface area (TPSA) is 30.2 Å². The summed E-state index contributed by atoms with van der Waals surface area (Å²) in [6.07, 6.45) is 0. The van der Waals surface area contributed by atoms with E-state index >= 15 is 0 Å². The van der Waals surface area contributed by atoms with E-state index in [9.17, 15) is 4.79 Å². The van der Waals surface area contributed by atoms with Gasteiger partial charge >= 0.3 is 120 Å². The average molecular weight is 250 g/mol. The van der Waals surface area contributed by atoms with Crippen molar-refractivity contribution in [1.82, 2.24) is 0 Å². The molecule has 0 unspecified atom stereocenters. The molecule has 0 radical (unpaired) electrons. The standard InChI is InChI=1S/C13H7O2S.Na/c14-13-10(12-6-3-7-16-12)8-9-4-1-2-5-11(9)15-13;/h1,3-8H;. The summed E-state index contributed by atoms with van der Waals surface area (Å²) < 4.78 is 6.60. The number of fused-ring (bicyclic) bond motifs is 1. The van der Waals surface area contributed by atoms with Gasteiger partial charge in [-0.15, -0.1) is 0 Å². The van der Waals surface area contributed by atoms with Gasteiger partial charge in [-0.25, -0.2) is 0 Å². The second kappa shape index (κ2) is 4.42. The van der Waals surface area contributed by atoms with Crippen molar-refractivity contribution in [2.75, 3.05) is 0 Å². The van der Waals surface area contributed by atoms with Crippen LogP contribution < -0.4 is 8.44 Å². The molecule has 0 aliphatic rings. The van der Waals surface area contributed by atoms with E-state index in [0.29, 0.717) is 11.1 Å². The van der Waals surface area contributed by atoms with Gasteiger partial charge in [0.25, 0.3) is 0 Å². The van der Waals surface area contributed by atoms with Gasteiger partial charge in [0, 0.05) is 0 Å². The Hall–Kier alpha value is -0.870. The molecule has 4 heteroatoms. The van der Waals surface area contributed by atoms with E-state index in [1.165, 1.54) is 2.81 Å². The van der Waals surface area contributed by atoms with Gasteiger partial charge in [-0.05, 0) is 0 Å². The van der Waals surface area contributed by atoms with Crippen molar-refractivity contribution < 1.29 is 4.42 Å². The van der Waals surface area contributed by atoms with Crippen molar-refractivity contribution in [3.05, 3.63) is 52.2 Å². The van der Waals surface area contributed by atoms with E-state index in [4.69, 9.17) is 4.42 Å². The summed E-state index contributed by atoms with van der Waals surface area (Å²) in [4.78, 5) is 12.8. The first-order chi connectivity index (χ1) is 8.24. The van der Waals surface area contributed by atoms with Crippen LogP contribution in [0.15, 0.2) is 51.0 Å². The molecule has 3 rings (SSSR count). The van der Waals surface area contributed by atoms with Crippen molar-refractivity contribution in [3.63, 3.8) is 0 Å². The number of thiophene rings is 1. The van der Waals surface area contributed by atoms with Crippen molar-refractivity contribution in [1.29, 1.82) is 0 Å². The van der Waals surface area contributed by atoms with Gasteiger partial charge in [-0.2, -0.15) is 0 Å².